The largest absolute Gasteiger partial charge is 0.496 e. The van der Waals surface area contributed by atoms with E-state index in [0.29, 0.717) is 17.3 Å². The quantitative estimate of drug-likeness (QED) is 0.774. The molecule has 0 bridgehead atoms. The standard InChI is InChI=1S/C17H17NO3S2/c1-11-8-12(5-6-14(11)20-2)9-15-16(19)18(17(22)23-15)10-13-4-3-7-21-13/h3-8,15H,9-10H2,1-2H3/t15-/m1/s1. The lowest BCUT2D eigenvalue weighted by molar-refractivity contribution is -0.126. The second kappa shape index (κ2) is 6.76. The predicted molar refractivity (Wildman–Crippen MR) is 94.7 cm³/mol. The number of carbonyl (C=O) groups is 1. The first-order valence-corrected chi connectivity index (χ1v) is 8.55. The summed E-state index contributed by atoms with van der Waals surface area (Å²) in [7, 11) is 1.66. The Labute approximate surface area is 144 Å². The Morgan fingerprint density at radius 1 is 1.39 bits per heavy atom. The van der Waals surface area contributed by atoms with Crippen LogP contribution in [0.2, 0.25) is 0 Å². The lowest BCUT2D eigenvalue weighted by atomic mass is 10.1. The number of thioether (sulfide) groups is 1. The van der Waals surface area contributed by atoms with Crippen LogP contribution >= 0.6 is 24.0 Å². The Morgan fingerprint density at radius 2 is 2.22 bits per heavy atom. The third-order valence-corrected chi connectivity index (χ3v) is 5.36. The first-order valence-electron chi connectivity index (χ1n) is 7.26. The maximum Gasteiger partial charge on any atom is 0.242 e. The molecular weight excluding hydrogens is 330 g/mol. The molecule has 0 N–H and O–H groups in total. The van der Waals surface area contributed by atoms with Gasteiger partial charge in [0.05, 0.1) is 25.2 Å². The molecule has 1 amide bonds. The summed E-state index contributed by atoms with van der Waals surface area (Å²) < 4.78 is 11.2. The Hall–Kier alpha value is -1.79. The van der Waals surface area contributed by atoms with Crippen molar-refractivity contribution in [3.05, 3.63) is 53.5 Å². The van der Waals surface area contributed by atoms with Crippen LogP contribution in [0.3, 0.4) is 0 Å². The molecule has 0 radical (unpaired) electrons. The van der Waals surface area contributed by atoms with E-state index in [2.05, 4.69) is 6.07 Å². The van der Waals surface area contributed by atoms with Crippen LogP contribution in [0.4, 0.5) is 0 Å². The van der Waals surface area contributed by atoms with Crippen LogP contribution in [0.15, 0.2) is 41.0 Å². The molecule has 4 nitrogen and oxygen atoms in total. The Morgan fingerprint density at radius 3 is 2.87 bits per heavy atom. The molecule has 1 saturated heterocycles. The van der Waals surface area contributed by atoms with Crippen LogP contribution in [0.25, 0.3) is 0 Å². The van der Waals surface area contributed by atoms with Crippen molar-refractivity contribution in [2.24, 2.45) is 0 Å². The average molecular weight is 347 g/mol. The van der Waals surface area contributed by atoms with E-state index >= 15 is 0 Å². The van der Waals surface area contributed by atoms with Crippen LogP contribution in [-0.2, 0) is 17.8 Å². The van der Waals surface area contributed by atoms with E-state index in [0.717, 1.165) is 22.6 Å². The molecule has 1 aromatic carbocycles. The number of carbonyl (C=O) groups excluding carboxylic acids is 1. The fourth-order valence-electron chi connectivity index (χ4n) is 2.61. The van der Waals surface area contributed by atoms with Crippen molar-refractivity contribution in [1.29, 1.82) is 0 Å². The molecule has 1 fully saturated rings. The Balaban J connectivity index is 1.71. The first-order chi connectivity index (χ1) is 11.1. The number of furan rings is 1. The van der Waals surface area contributed by atoms with Gasteiger partial charge in [0, 0.05) is 0 Å². The molecule has 23 heavy (non-hydrogen) atoms. The van der Waals surface area contributed by atoms with Gasteiger partial charge in [0.25, 0.3) is 0 Å². The van der Waals surface area contributed by atoms with Gasteiger partial charge in [-0.3, -0.25) is 9.69 Å². The number of hydrogen-bond donors (Lipinski definition) is 0. The molecule has 0 unspecified atom stereocenters. The highest BCUT2D eigenvalue weighted by atomic mass is 32.2. The summed E-state index contributed by atoms with van der Waals surface area (Å²) in [5.41, 5.74) is 2.17. The van der Waals surface area contributed by atoms with Crippen LogP contribution < -0.4 is 4.74 Å². The number of hydrogen-bond acceptors (Lipinski definition) is 5. The normalized spacial score (nSPS) is 17.8. The van der Waals surface area contributed by atoms with Gasteiger partial charge in [-0.05, 0) is 42.7 Å². The van der Waals surface area contributed by atoms with E-state index in [4.69, 9.17) is 21.4 Å². The van der Waals surface area contributed by atoms with Gasteiger partial charge >= 0.3 is 0 Å². The minimum atomic E-state index is -0.176. The number of nitrogens with zero attached hydrogens (tertiary/aromatic N) is 1. The summed E-state index contributed by atoms with van der Waals surface area (Å²) in [5.74, 6) is 1.64. The molecule has 3 rings (SSSR count). The molecule has 1 aliphatic heterocycles. The van der Waals surface area contributed by atoms with Crippen molar-refractivity contribution in [3.63, 3.8) is 0 Å². The van der Waals surface area contributed by atoms with Crippen LogP contribution in [0.5, 0.6) is 5.75 Å². The summed E-state index contributed by atoms with van der Waals surface area (Å²) in [6.07, 6.45) is 2.26. The first kappa shape index (κ1) is 16.1. The highest BCUT2D eigenvalue weighted by molar-refractivity contribution is 8.24. The zero-order valence-electron chi connectivity index (χ0n) is 12.9. The maximum atomic E-state index is 12.6. The number of amides is 1. The summed E-state index contributed by atoms with van der Waals surface area (Å²) >= 11 is 6.80. The van der Waals surface area contributed by atoms with E-state index in [1.165, 1.54) is 11.8 Å². The third-order valence-electron chi connectivity index (χ3n) is 3.78. The van der Waals surface area contributed by atoms with Crippen molar-refractivity contribution in [3.8, 4) is 5.75 Å². The SMILES string of the molecule is COc1ccc(C[C@H]2SC(=S)N(Cc3ccco3)C2=O)cc1C. The summed E-state index contributed by atoms with van der Waals surface area (Å²) in [6, 6.07) is 9.65. The second-order valence-corrected chi connectivity index (χ2v) is 7.22. The number of thiocarbonyl (C=S) groups is 1. The Kier molecular flexibility index (Phi) is 4.73. The minimum absolute atomic E-state index is 0.0462. The van der Waals surface area contributed by atoms with Gasteiger partial charge in [0.2, 0.25) is 5.91 Å². The number of aryl methyl sites for hydroxylation is 1. The van der Waals surface area contributed by atoms with Gasteiger partial charge in [-0.25, -0.2) is 0 Å². The fourth-order valence-corrected chi connectivity index (χ4v) is 4.14. The molecule has 1 atom stereocenters. The Bertz CT molecular complexity index is 727. The smallest absolute Gasteiger partial charge is 0.242 e. The molecule has 120 valence electrons. The molecule has 2 aromatic rings. The van der Waals surface area contributed by atoms with E-state index in [-0.39, 0.29) is 11.2 Å². The van der Waals surface area contributed by atoms with E-state index in [9.17, 15) is 4.79 Å². The van der Waals surface area contributed by atoms with Gasteiger partial charge in [0.1, 0.15) is 15.8 Å². The number of benzene rings is 1. The van der Waals surface area contributed by atoms with Gasteiger partial charge in [0.15, 0.2) is 0 Å². The van der Waals surface area contributed by atoms with Crippen molar-refractivity contribution < 1.29 is 13.9 Å². The number of methoxy groups -OCH3 is 1. The highest BCUT2D eigenvalue weighted by Gasteiger charge is 2.37. The summed E-state index contributed by atoms with van der Waals surface area (Å²) in [5, 5.41) is -0.176. The molecule has 2 heterocycles. The van der Waals surface area contributed by atoms with Crippen molar-refractivity contribution in [2.45, 2.75) is 25.1 Å². The maximum absolute atomic E-state index is 12.6. The molecule has 6 heteroatoms. The van der Waals surface area contributed by atoms with E-state index < -0.39 is 0 Å². The molecule has 0 spiro atoms. The fraction of sp³-hybridized carbons (Fsp3) is 0.294. The van der Waals surface area contributed by atoms with E-state index in [1.807, 2.05) is 31.2 Å². The molecular formula is C17H17NO3S2. The predicted octanol–water partition coefficient (Wildman–Crippen LogP) is 3.57. The lowest BCUT2D eigenvalue weighted by Gasteiger charge is -2.14. The van der Waals surface area contributed by atoms with Gasteiger partial charge in [-0.1, -0.05) is 36.1 Å². The number of ether oxygens (including phenoxy) is 1. The van der Waals surface area contributed by atoms with Gasteiger partial charge in [-0.2, -0.15) is 0 Å². The van der Waals surface area contributed by atoms with Crippen LogP contribution in [0, 0.1) is 6.92 Å². The lowest BCUT2D eigenvalue weighted by Crippen LogP contribution is -2.31. The van der Waals surface area contributed by atoms with Crippen LogP contribution in [-0.4, -0.2) is 27.5 Å². The summed E-state index contributed by atoms with van der Waals surface area (Å²) in [4.78, 5) is 14.2. The van der Waals surface area contributed by atoms with Crippen molar-refractivity contribution >= 4 is 34.2 Å². The molecule has 1 aliphatic rings. The van der Waals surface area contributed by atoms with E-state index in [1.54, 1.807) is 18.3 Å². The van der Waals surface area contributed by atoms with Gasteiger partial charge < -0.3 is 9.15 Å². The molecule has 1 aromatic heterocycles. The zero-order chi connectivity index (χ0) is 16.4. The monoisotopic (exact) mass is 347 g/mol. The van der Waals surface area contributed by atoms with Crippen LogP contribution in [0.1, 0.15) is 16.9 Å². The second-order valence-electron chi connectivity index (χ2n) is 5.38. The average Bonchev–Trinajstić information content (AvgIpc) is 3.12. The topological polar surface area (TPSA) is 42.7 Å². The minimum Gasteiger partial charge on any atom is -0.496 e. The zero-order valence-corrected chi connectivity index (χ0v) is 14.6. The highest BCUT2D eigenvalue weighted by Crippen LogP contribution is 2.32. The number of rotatable bonds is 5. The summed E-state index contributed by atoms with van der Waals surface area (Å²) in [6.45, 7) is 2.40. The molecule has 0 saturated carbocycles. The third kappa shape index (κ3) is 3.43. The molecule has 0 aliphatic carbocycles. The van der Waals surface area contributed by atoms with Gasteiger partial charge in [-0.15, -0.1) is 0 Å². The van der Waals surface area contributed by atoms with Crippen molar-refractivity contribution in [2.75, 3.05) is 7.11 Å². The van der Waals surface area contributed by atoms with Crippen molar-refractivity contribution in [1.82, 2.24) is 4.90 Å².